The molecule has 2 heterocycles. The fourth-order valence-corrected chi connectivity index (χ4v) is 5.61. The number of hydrogen-bond acceptors (Lipinski definition) is 4. The molecule has 0 spiro atoms. The van der Waals surface area contributed by atoms with Gasteiger partial charge in [-0.1, -0.05) is 29.3 Å². The number of nitrogens with zero attached hydrogens (tertiary/aromatic N) is 1. The predicted molar refractivity (Wildman–Crippen MR) is 122 cm³/mol. The summed E-state index contributed by atoms with van der Waals surface area (Å²) in [5.74, 6) is 0. The van der Waals surface area contributed by atoms with Gasteiger partial charge in [-0.25, -0.2) is 8.42 Å². The minimum Gasteiger partial charge on any atom is -0.377 e. The van der Waals surface area contributed by atoms with Crippen molar-refractivity contribution in [3.63, 3.8) is 0 Å². The molecular formula is C24H28N2O4S. The van der Waals surface area contributed by atoms with Crippen LogP contribution in [0.2, 0.25) is 0 Å². The zero-order chi connectivity index (χ0) is 22.2. The molecule has 3 aromatic rings. The van der Waals surface area contributed by atoms with Gasteiger partial charge >= 0.3 is 0 Å². The molecule has 2 aromatic carbocycles. The molecule has 1 aliphatic rings. The number of rotatable bonds is 6. The van der Waals surface area contributed by atoms with Crippen molar-refractivity contribution in [3.8, 4) is 0 Å². The maximum Gasteiger partial charge on any atom is 0.252 e. The van der Waals surface area contributed by atoms with E-state index in [1.807, 2.05) is 32.9 Å². The Morgan fingerprint density at radius 3 is 2.48 bits per heavy atom. The number of fused-ring (bicyclic) bond motifs is 1. The third-order valence-electron chi connectivity index (χ3n) is 5.81. The average Bonchev–Trinajstić information content (AvgIpc) is 3.22. The van der Waals surface area contributed by atoms with E-state index >= 15 is 0 Å². The van der Waals surface area contributed by atoms with Gasteiger partial charge < -0.3 is 9.72 Å². The minimum absolute atomic E-state index is 0.00562. The lowest BCUT2D eigenvalue weighted by molar-refractivity contribution is 0.0925. The van der Waals surface area contributed by atoms with Crippen LogP contribution in [0.25, 0.3) is 10.9 Å². The van der Waals surface area contributed by atoms with Gasteiger partial charge in [0.15, 0.2) is 0 Å². The van der Waals surface area contributed by atoms with Crippen LogP contribution in [0.5, 0.6) is 0 Å². The van der Waals surface area contributed by atoms with E-state index in [1.54, 1.807) is 30.3 Å². The molecule has 0 saturated carbocycles. The Bertz CT molecular complexity index is 1260. The Hall–Kier alpha value is -2.48. The molecule has 1 atom stereocenters. The van der Waals surface area contributed by atoms with E-state index in [-0.39, 0.29) is 29.6 Å². The van der Waals surface area contributed by atoms with Crippen LogP contribution in [0.4, 0.5) is 0 Å². The van der Waals surface area contributed by atoms with Crippen molar-refractivity contribution in [1.29, 1.82) is 0 Å². The van der Waals surface area contributed by atoms with Crippen LogP contribution in [0, 0.1) is 20.8 Å². The normalized spacial score (nSPS) is 17.0. The van der Waals surface area contributed by atoms with Gasteiger partial charge in [-0.15, -0.1) is 0 Å². The first kappa shape index (κ1) is 21.7. The van der Waals surface area contributed by atoms with Crippen LogP contribution in [0.15, 0.2) is 52.2 Å². The molecule has 1 saturated heterocycles. The maximum absolute atomic E-state index is 13.5. The number of aromatic nitrogens is 1. The van der Waals surface area contributed by atoms with Gasteiger partial charge in [-0.2, -0.15) is 4.31 Å². The van der Waals surface area contributed by atoms with Crippen LogP contribution in [-0.2, 0) is 21.3 Å². The molecule has 0 amide bonds. The van der Waals surface area contributed by atoms with Crippen molar-refractivity contribution in [2.75, 3.05) is 13.2 Å². The SMILES string of the molecule is Cc1ccc(S(=O)(=O)N(Cc2cc3cc(C)cc(C)c3[nH]c2=O)CC2CCCO2)cc1. The number of ether oxygens (including phenoxy) is 1. The summed E-state index contributed by atoms with van der Waals surface area (Å²) in [5.41, 5.74) is 4.00. The van der Waals surface area contributed by atoms with Crippen molar-refractivity contribution in [2.45, 2.75) is 51.2 Å². The van der Waals surface area contributed by atoms with E-state index < -0.39 is 10.0 Å². The summed E-state index contributed by atoms with van der Waals surface area (Å²) in [6.45, 7) is 6.73. The van der Waals surface area contributed by atoms with Gasteiger partial charge in [-0.05, 0) is 68.8 Å². The second kappa shape index (κ2) is 8.57. The Labute approximate surface area is 182 Å². The number of hydrogen-bond donors (Lipinski definition) is 1. The van der Waals surface area contributed by atoms with E-state index in [9.17, 15) is 13.2 Å². The van der Waals surface area contributed by atoms with Crippen molar-refractivity contribution < 1.29 is 13.2 Å². The summed E-state index contributed by atoms with van der Waals surface area (Å²) >= 11 is 0. The molecule has 164 valence electrons. The zero-order valence-corrected chi connectivity index (χ0v) is 19.0. The van der Waals surface area contributed by atoms with Gasteiger partial charge in [-0.3, -0.25) is 4.79 Å². The first-order valence-corrected chi connectivity index (χ1v) is 12.0. The van der Waals surface area contributed by atoms with Crippen molar-refractivity contribution in [1.82, 2.24) is 9.29 Å². The van der Waals surface area contributed by atoms with Crippen molar-refractivity contribution in [2.24, 2.45) is 0 Å². The molecule has 0 bridgehead atoms. The average molecular weight is 441 g/mol. The molecule has 0 radical (unpaired) electrons. The molecule has 6 nitrogen and oxygen atoms in total. The summed E-state index contributed by atoms with van der Waals surface area (Å²) in [6, 6.07) is 12.6. The number of aryl methyl sites for hydroxylation is 3. The Balaban J connectivity index is 1.74. The number of H-pyrrole nitrogens is 1. The van der Waals surface area contributed by atoms with Gasteiger partial charge in [0.2, 0.25) is 10.0 Å². The smallest absolute Gasteiger partial charge is 0.252 e. The van der Waals surface area contributed by atoms with Crippen LogP contribution in [-0.4, -0.2) is 37.0 Å². The van der Waals surface area contributed by atoms with E-state index in [1.165, 1.54) is 4.31 Å². The number of sulfonamides is 1. The second-order valence-corrected chi connectivity index (χ2v) is 10.4. The molecule has 1 aliphatic heterocycles. The number of aromatic amines is 1. The van der Waals surface area contributed by atoms with Crippen molar-refractivity contribution in [3.05, 3.63) is 75.1 Å². The Morgan fingerprint density at radius 2 is 1.81 bits per heavy atom. The van der Waals surface area contributed by atoms with Crippen LogP contribution in [0.1, 0.15) is 35.1 Å². The highest BCUT2D eigenvalue weighted by molar-refractivity contribution is 7.89. The summed E-state index contributed by atoms with van der Waals surface area (Å²) < 4.78 is 34.0. The first-order chi connectivity index (χ1) is 14.7. The molecule has 31 heavy (non-hydrogen) atoms. The quantitative estimate of drug-likeness (QED) is 0.632. The first-order valence-electron chi connectivity index (χ1n) is 10.6. The molecular weight excluding hydrogens is 412 g/mol. The number of benzene rings is 2. The van der Waals surface area contributed by atoms with E-state index in [0.717, 1.165) is 40.4 Å². The third kappa shape index (κ3) is 4.59. The minimum atomic E-state index is -3.79. The lowest BCUT2D eigenvalue weighted by Crippen LogP contribution is -2.38. The van der Waals surface area contributed by atoms with Crippen LogP contribution >= 0.6 is 0 Å². The van der Waals surface area contributed by atoms with Crippen LogP contribution < -0.4 is 5.56 Å². The van der Waals surface area contributed by atoms with Crippen molar-refractivity contribution >= 4 is 20.9 Å². The van der Waals surface area contributed by atoms with Gasteiger partial charge in [0, 0.05) is 25.3 Å². The molecule has 1 fully saturated rings. The van der Waals surface area contributed by atoms with Gasteiger partial charge in [0.25, 0.3) is 5.56 Å². The number of nitrogens with one attached hydrogen (secondary N) is 1. The molecule has 1 unspecified atom stereocenters. The largest absolute Gasteiger partial charge is 0.377 e. The molecule has 1 aromatic heterocycles. The van der Waals surface area contributed by atoms with Gasteiger partial charge in [0.1, 0.15) is 0 Å². The highest BCUT2D eigenvalue weighted by Gasteiger charge is 2.30. The summed E-state index contributed by atoms with van der Waals surface area (Å²) in [7, 11) is -3.79. The lowest BCUT2D eigenvalue weighted by Gasteiger charge is -2.25. The Morgan fingerprint density at radius 1 is 1.06 bits per heavy atom. The molecule has 4 rings (SSSR count). The molecule has 1 N–H and O–H groups in total. The fraction of sp³-hybridized carbons (Fsp3) is 0.375. The van der Waals surface area contributed by atoms with Crippen LogP contribution in [0.3, 0.4) is 0 Å². The summed E-state index contributed by atoms with van der Waals surface area (Å²) in [4.78, 5) is 16.0. The van der Waals surface area contributed by atoms with E-state index in [2.05, 4.69) is 4.98 Å². The second-order valence-electron chi connectivity index (χ2n) is 8.42. The zero-order valence-electron chi connectivity index (χ0n) is 18.1. The topological polar surface area (TPSA) is 79.5 Å². The summed E-state index contributed by atoms with van der Waals surface area (Å²) in [5, 5.41) is 0.900. The summed E-state index contributed by atoms with van der Waals surface area (Å²) in [6.07, 6.45) is 1.56. The highest BCUT2D eigenvalue weighted by atomic mass is 32.2. The predicted octanol–water partition coefficient (Wildman–Crippen LogP) is 3.82. The highest BCUT2D eigenvalue weighted by Crippen LogP contribution is 2.24. The third-order valence-corrected chi connectivity index (χ3v) is 7.63. The monoisotopic (exact) mass is 440 g/mol. The molecule has 0 aliphatic carbocycles. The standard InChI is InChI=1S/C24H28N2O4S/c1-16-6-8-22(9-7-16)31(28,29)26(15-21-5-4-10-30-21)14-20-13-19-12-17(2)11-18(3)23(19)25-24(20)27/h6-9,11-13,21H,4-5,10,14-15H2,1-3H3,(H,25,27). The van der Waals surface area contributed by atoms with Gasteiger partial charge in [0.05, 0.1) is 16.5 Å². The Kier molecular flexibility index (Phi) is 6.01. The number of pyridine rings is 1. The molecule has 7 heteroatoms. The fourth-order valence-electron chi connectivity index (χ4n) is 4.16. The maximum atomic E-state index is 13.5. The van der Waals surface area contributed by atoms with E-state index in [0.29, 0.717) is 12.2 Å². The lowest BCUT2D eigenvalue weighted by atomic mass is 10.1. The van der Waals surface area contributed by atoms with E-state index in [4.69, 9.17) is 4.74 Å².